The molecule has 138 valence electrons. The molecule has 6 heteroatoms. The number of nitrogens with zero attached hydrogens (tertiary/aromatic N) is 1. The maximum Gasteiger partial charge on any atom is 0.226 e. The van der Waals surface area contributed by atoms with E-state index < -0.39 is 0 Å². The van der Waals surface area contributed by atoms with Gasteiger partial charge in [-0.15, -0.1) is 0 Å². The normalized spacial score (nSPS) is 10.7. The van der Waals surface area contributed by atoms with E-state index in [-0.39, 0.29) is 24.8 Å². The Morgan fingerprint density at radius 2 is 1.73 bits per heavy atom. The van der Waals surface area contributed by atoms with Gasteiger partial charge in [-0.1, -0.05) is 49.2 Å². The van der Waals surface area contributed by atoms with E-state index in [4.69, 9.17) is 23.2 Å². The van der Waals surface area contributed by atoms with Gasteiger partial charge in [-0.2, -0.15) is 0 Å². The summed E-state index contributed by atoms with van der Waals surface area (Å²) >= 11 is 12.1. The van der Waals surface area contributed by atoms with Crippen LogP contribution in [0.4, 0.5) is 11.4 Å². The summed E-state index contributed by atoms with van der Waals surface area (Å²) in [6.45, 7) is 5.90. The smallest absolute Gasteiger partial charge is 0.226 e. The highest BCUT2D eigenvalue weighted by atomic mass is 35.5. The molecule has 2 aromatic carbocycles. The van der Waals surface area contributed by atoms with Crippen molar-refractivity contribution in [1.29, 1.82) is 0 Å². The van der Waals surface area contributed by atoms with Crippen LogP contribution in [0.25, 0.3) is 0 Å². The molecule has 1 N–H and O–H groups in total. The molecule has 0 radical (unpaired) electrons. The Morgan fingerprint density at radius 1 is 1.08 bits per heavy atom. The number of amides is 2. The van der Waals surface area contributed by atoms with Gasteiger partial charge in [0.1, 0.15) is 0 Å². The Kier molecular flexibility index (Phi) is 7.06. The second-order valence-electron chi connectivity index (χ2n) is 6.34. The first-order valence-electron chi connectivity index (χ1n) is 8.41. The van der Waals surface area contributed by atoms with E-state index in [0.717, 1.165) is 5.69 Å². The summed E-state index contributed by atoms with van der Waals surface area (Å²) in [5.41, 5.74) is 2.49. The molecule has 0 aliphatic heterocycles. The molecule has 0 saturated carbocycles. The van der Waals surface area contributed by atoms with Crippen molar-refractivity contribution in [3.8, 4) is 0 Å². The fourth-order valence-corrected chi connectivity index (χ4v) is 3.05. The second kappa shape index (κ2) is 9.06. The van der Waals surface area contributed by atoms with Gasteiger partial charge in [0, 0.05) is 30.6 Å². The van der Waals surface area contributed by atoms with Gasteiger partial charge in [0.2, 0.25) is 11.8 Å². The van der Waals surface area contributed by atoms with Crippen LogP contribution in [0.15, 0.2) is 42.5 Å². The Hall–Kier alpha value is -2.04. The average Bonchev–Trinajstić information content (AvgIpc) is 2.57. The minimum Gasteiger partial charge on any atom is -0.326 e. The SMILES string of the molecule is CC(=O)N(CCC(=O)Nc1ccc(C(C)C)cc1)c1ccc(Cl)cc1Cl. The quantitative estimate of drug-likeness (QED) is 0.705. The highest BCUT2D eigenvalue weighted by Crippen LogP contribution is 2.29. The van der Waals surface area contributed by atoms with Crippen molar-refractivity contribution in [3.05, 3.63) is 58.1 Å². The van der Waals surface area contributed by atoms with Gasteiger partial charge in [0.25, 0.3) is 0 Å². The lowest BCUT2D eigenvalue weighted by Crippen LogP contribution is -2.32. The van der Waals surface area contributed by atoms with Crippen molar-refractivity contribution in [3.63, 3.8) is 0 Å². The molecule has 4 nitrogen and oxygen atoms in total. The highest BCUT2D eigenvalue weighted by Gasteiger charge is 2.16. The molecule has 26 heavy (non-hydrogen) atoms. The molecule has 0 bridgehead atoms. The lowest BCUT2D eigenvalue weighted by molar-refractivity contribution is -0.117. The number of hydrogen-bond donors (Lipinski definition) is 1. The summed E-state index contributed by atoms with van der Waals surface area (Å²) in [4.78, 5) is 25.7. The maximum absolute atomic E-state index is 12.2. The number of benzene rings is 2. The average molecular weight is 393 g/mol. The third-order valence-electron chi connectivity index (χ3n) is 4.00. The summed E-state index contributed by atoms with van der Waals surface area (Å²) in [6, 6.07) is 12.7. The van der Waals surface area contributed by atoms with Crippen LogP contribution in [0, 0.1) is 0 Å². The number of nitrogens with one attached hydrogen (secondary N) is 1. The molecule has 0 saturated heterocycles. The third-order valence-corrected chi connectivity index (χ3v) is 4.54. The second-order valence-corrected chi connectivity index (χ2v) is 7.18. The van der Waals surface area contributed by atoms with Crippen molar-refractivity contribution in [1.82, 2.24) is 0 Å². The predicted octanol–water partition coefficient (Wildman–Crippen LogP) is 5.50. The lowest BCUT2D eigenvalue weighted by Gasteiger charge is -2.22. The molecule has 0 spiro atoms. The molecule has 2 amide bonds. The first-order valence-corrected chi connectivity index (χ1v) is 9.16. The zero-order chi connectivity index (χ0) is 19.3. The summed E-state index contributed by atoms with van der Waals surface area (Å²) in [5, 5.41) is 3.71. The van der Waals surface area contributed by atoms with E-state index in [2.05, 4.69) is 19.2 Å². The lowest BCUT2D eigenvalue weighted by atomic mass is 10.0. The number of carbonyl (C=O) groups is 2. The minimum absolute atomic E-state index is 0.157. The number of hydrogen-bond acceptors (Lipinski definition) is 2. The zero-order valence-corrected chi connectivity index (χ0v) is 16.6. The zero-order valence-electron chi connectivity index (χ0n) is 15.1. The highest BCUT2D eigenvalue weighted by molar-refractivity contribution is 6.36. The van der Waals surface area contributed by atoms with Crippen LogP contribution in [0.1, 0.15) is 38.7 Å². The van der Waals surface area contributed by atoms with E-state index in [1.54, 1.807) is 18.2 Å². The van der Waals surface area contributed by atoms with Crippen molar-refractivity contribution >= 4 is 46.4 Å². The maximum atomic E-state index is 12.2. The molecule has 0 fully saturated rings. The summed E-state index contributed by atoms with van der Waals surface area (Å²) < 4.78 is 0. The third kappa shape index (κ3) is 5.48. The molecular formula is C20H22Cl2N2O2. The molecule has 2 aromatic rings. The van der Waals surface area contributed by atoms with Gasteiger partial charge >= 0.3 is 0 Å². The van der Waals surface area contributed by atoms with E-state index in [1.165, 1.54) is 17.4 Å². The minimum atomic E-state index is -0.191. The summed E-state index contributed by atoms with van der Waals surface area (Å²) in [7, 11) is 0. The van der Waals surface area contributed by atoms with Crippen LogP contribution in [0.3, 0.4) is 0 Å². The van der Waals surface area contributed by atoms with Crippen molar-refractivity contribution in [2.75, 3.05) is 16.8 Å². The first-order chi connectivity index (χ1) is 12.3. The summed E-state index contributed by atoms with van der Waals surface area (Å²) in [5.74, 6) is 0.0787. The monoisotopic (exact) mass is 392 g/mol. The van der Waals surface area contributed by atoms with Crippen molar-refractivity contribution in [2.24, 2.45) is 0 Å². The Labute approximate surface area is 164 Å². The number of carbonyl (C=O) groups excluding carboxylic acids is 2. The standard InChI is InChI=1S/C20H22Cl2N2O2/c1-13(2)15-4-7-17(8-5-15)23-20(26)10-11-24(14(3)25)19-9-6-16(21)12-18(19)22/h4-9,12-13H,10-11H2,1-3H3,(H,23,26). The summed E-state index contributed by atoms with van der Waals surface area (Å²) in [6.07, 6.45) is 0.157. The first kappa shape index (κ1) is 20.3. The molecule has 0 unspecified atom stereocenters. The van der Waals surface area contributed by atoms with Crippen LogP contribution in [-0.2, 0) is 9.59 Å². The Balaban J connectivity index is 2.00. The van der Waals surface area contributed by atoms with Gasteiger partial charge in [-0.25, -0.2) is 0 Å². The van der Waals surface area contributed by atoms with Gasteiger partial charge in [0.15, 0.2) is 0 Å². The fourth-order valence-electron chi connectivity index (χ4n) is 2.54. The van der Waals surface area contributed by atoms with Crippen molar-refractivity contribution in [2.45, 2.75) is 33.1 Å². The predicted molar refractivity (Wildman–Crippen MR) is 108 cm³/mol. The van der Waals surface area contributed by atoms with Gasteiger partial charge in [-0.3, -0.25) is 9.59 Å². The largest absolute Gasteiger partial charge is 0.326 e. The van der Waals surface area contributed by atoms with E-state index in [1.807, 2.05) is 24.3 Å². The van der Waals surface area contributed by atoms with E-state index >= 15 is 0 Å². The van der Waals surface area contributed by atoms with Crippen LogP contribution in [0.2, 0.25) is 10.0 Å². The van der Waals surface area contributed by atoms with Gasteiger partial charge < -0.3 is 10.2 Å². The van der Waals surface area contributed by atoms with E-state index in [0.29, 0.717) is 21.7 Å². The molecular weight excluding hydrogens is 371 g/mol. The molecule has 0 heterocycles. The fraction of sp³-hybridized carbons (Fsp3) is 0.300. The number of anilines is 2. The topological polar surface area (TPSA) is 49.4 Å². The van der Waals surface area contributed by atoms with Crippen LogP contribution in [-0.4, -0.2) is 18.4 Å². The molecule has 0 aliphatic carbocycles. The van der Waals surface area contributed by atoms with Crippen LogP contribution >= 0.6 is 23.2 Å². The van der Waals surface area contributed by atoms with Gasteiger partial charge in [-0.05, 0) is 41.8 Å². The number of rotatable bonds is 6. The molecule has 2 rings (SSSR count). The van der Waals surface area contributed by atoms with E-state index in [9.17, 15) is 9.59 Å². The van der Waals surface area contributed by atoms with Crippen LogP contribution < -0.4 is 10.2 Å². The molecule has 0 atom stereocenters. The van der Waals surface area contributed by atoms with Gasteiger partial charge in [0.05, 0.1) is 10.7 Å². The Bertz CT molecular complexity index is 789. The Morgan fingerprint density at radius 3 is 2.27 bits per heavy atom. The van der Waals surface area contributed by atoms with Crippen molar-refractivity contribution < 1.29 is 9.59 Å². The molecule has 0 aliphatic rings. The van der Waals surface area contributed by atoms with Crippen LogP contribution in [0.5, 0.6) is 0 Å². The number of halogens is 2. The molecule has 0 aromatic heterocycles.